The average Bonchev–Trinajstić information content (AvgIpc) is 1.86. The van der Waals surface area contributed by atoms with Crippen LogP contribution in [-0.4, -0.2) is 16.7 Å². The zero-order valence-corrected chi connectivity index (χ0v) is 4.42. The lowest BCUT2D eigenvalue weighted by molar-refractivity contribution is -0.165. The van der Waals surface area contributed by atoms with E-state index in [4.69, 9.17) is 5.11 Å². The van der Waals surface area contributed by atoms with Crippen LogP contribution in [0, 0.1) is 0 Å². The molecular weight excluding hydrogens is 108 g/mol. The van der Waals surface area contributed by atoms with E-state index in [1.807, 2.05) is 0 Å². The number of carbonyl (C=O) groups excluding carboxylic acids is 1. The van der Waals surface area contributed by atoms with Gasteiger partial charge in [0.15, 0.2) is 0 Å². The van der Waals surface area contributed by atoms with Crippen LogP contribution in [-0.2, 0) is 9.53 Å². The van der Waals surface area contributed by atoms with Gasteiger partial charge in [-0.25, -0.2) is 0 Å². The summed E-state index contributed by atoms with van der Waals surface area (Å²) in [6, 6.07) is 0. The van der Waals surface area contributed by atoms with Gasteiger partial charge >= 0.3 is 0 Å². The van der Waals surface area contributed by atoms with Crippen LogP contribution < -0.4 is 0 Å². The molecule has 1 N–H and O–H groups in total. The molecule has 0 aromatic rings. The van der Waals surface area contributed by atoms with Crippen LogP contribution in [0.5, 0.6) is 0 Å². The quantitative estimate of drug-likeness (QED) is 0.474. The number of rotatable bonds is 0. The zero-order chi connectivity index (χ0) is 6.20. The fourth-order valence-corrected chi connectivity index (χ4v) is 0.441. The van der Waals surface area contributed by atoms with Crippen molar-refractivity contribution < 1.29 is 14.6 Å². The molecule has 0 fully saturated rings. The second-order valence-corrected chi connectivity index (χ2v) is 1.77. The van der Waals surface area contributed by atoms with Gasteiger partial charge in [0, 0.05) is 13.0 Å². The molecule has 1 atom stereocenters. The summed E-state index contributed by atoms with van der Waals surface area (Å²) >= 11 is 0. The van der Waals surface area contributed by atoms with Crippen molar-refractivity contribution in [3.63, 3.8) is 0 Å². The van der Waals surface area contributed by atoms with Crippen molar-refractivity contribution in [1.29, 1.82) is 0 Å². The van der Waals surface area contributed by atoms with Gasteiger partial charge < -0.3 is 9.84 Å². The summed E-state index contributed by atoms with van der Waals surface area (Å²) < 4.78 is 4.48. The molecular formula is C5H6O3. The van der Waals surface area contributed by atoms with Crippen LogP contribution >= 0.6 is 0 Å². The smallest absolute Gasteiger partial charge is 0.268 e. The summed E-state index contributed by atoms with van der Waals surface area (Å²) in [7, 11) is 0. The molecule has 1 aliphatic heterocycles. The molecule has 1 rings (SSSR count). The second-order valence-electron chi connectivity index (χ2n) is 1.77. The number of ketones is 1. The molecule has 8 heavy (non-hydrogen) atoms. The number of ether oxygens (including phenoxy) is 1. The first-order chi connectivity index (χ1) is 3.63. The van der Waals surface area contributed by atoms with Gasteiger partial charge in [-0.05, 0) is 0 Å². The lowest BCUT2D eigenvalue weighted by atomic mass is 10.2. The van der Waals surface area contributed by atoms with Gasteiger partial charge in [-0.3, -0.25) is 4.79 Å². The third-order valence-electron chi connectivity index (χ3n) is 0.974. The summed E-state index contributed by atoms with van der Waals surface area (Å²) in [6.45, 7) is 1.30. The standard InChI is InChI=1S/C5H6O3/c1-5(7)4(6)2-3-8-5/h2-3,7H,1H3. The Labute approximate surface area is 46.6 Å². The summed E-state index contributed by atoms with van der Waals surface area (Å²) in [5, 5.41) is 8.83. The highest BCUT2D eigenvalue weighted by atomic mass is 16.6. The molecule has 0 aromatic heterocycles. The Kier molecular flexibility index (Phi) is 0.877. The molecule has 1 unspecified atom stereocenters. The van der Waals surface area contributed by atoms with Crippen molar-refractivity contribution >= 4 is 5.78 Å². The number of hydrogen-bond donors (Lipinski definition) is 1. The normalized spacial score (nSPS) is 35.5. The summed E-state index contributed by atoms with van der Waals surface area (Å²) in [4.78, 5) is 10.4. The maximum absolute atomic E-state index is 10.4. The van der Waals surface area contributed by atoms with Gasteiger partial charge in [0.25, 0.3) is 5.79 Å². The van der Waals surface area contributed by atoms with Crippen molar-refractivity contribution in [1.82, 2.24) is 0 Å². The second kappa shape index (κ2) is 1.32. The van der Waals surface area contributed by atoms with E-state index in [2.05, 4.69) is 4.74 Å². The SMILES string of the molecule is CC1(O)OC=CC1=O. The molecule has 0 spiro atoms. The highest BCUT2D eigenvalue weighted by Gasteiger charge is 2.32. The third kappa shape index (κ3) is 0.607. The molecule has 0 bridgehead atoms. The monoisotopic (exact) mass is 114 g/mol. The van der Waals surface area contributed by atoms with E-state index in [0.717, 1.165) is 0 Å². The van der Waals surface area contributed by atoms with E-state index in [1.165, 1.54) is 19.3 Å². The molecule has 1 aliphatic rings. The Hall–Kier alpha value is -0.830. The summed E-state index contributed by atoms with van der Waals surface area (Å²) in [5.74, 6) is -2.00. The first-order valence-electron chi connectivity index (χ1n) is 2.24. The van der Waals surface area contributed by atoms with E-state index in [9.17, 15) is 4.79 Å². The minimum Gasteiger partial charge on any atom is -0.462 e. The van der Waals surface area contributed by atoms with Crippen molar-refractivity contribution in [2.24, 2.45) is 0 Å². The van der Waals surface area contributed by atoms with Crippen molar-refractivity contribution in [2.45, 2.75) is 12.7 Å². The predicted octanol–water partition coefficient (Wildman–Crippen LogP) is -0.192. The van der Waals surface area contributed by atoms with Crippen LogP contribution in [0.4, 0.5) is 0 Å². The molecule has 0 radical (unpaired) electrons. The lowest BCUT2D eigenvalue weighted by Gasteiger charge is -2.12. The van der Waals surface area contributed by atoms with E-state index >= 15 is 0 Å². The molecule has 0 aliphatic carbocycles. The van der Waals surface area contributed by atoms with Crippen molar-refractivity contribution in [3.05, 3.63) is 12.3 Å². The lowest BCUT2D eigenvalue weighted by Crippen LogP contribution is -2.31. The fourth-order valence-electron chi connectivity index (χ4n) is 0.441. The van der Waals surface area contributed by atoms with E-state index in [1.54, 1.807) is 0 Å². The Morgan fingerprint density at radius 2 is 2.50 bits per heavy atom. The summed E-state index contributed by atoms with van der Waals surface area (Å²) in [6.07, 6.45) is 2.38. The van der Waals surface area contributed by atoms with Gasteiger partial charge in [0.05, 0.1) is 6.26 Å². The third-order valence-corrected chi connectivity index (χ3v) is 0.974. The molecule has 3 nitrogen and oxygen atoms in total. The Balaban J connectivity index is 2.79. The maximum Gasteiger partial charge on any atom is 0.268 e. The Morgan fingerprint density at radius 3 is 2.62 bits per heavy atom. The van der Waals surface area contributed by atoms with E-state index in [-0.39, 0.29) is 0 Å². The Bertz CT molecular complexity index is 146. The molecule has 3 heteroatoms. The molecule has 0 aromatic carbocycles. The van der Waals surface area contributed by atoms with Gasteiger partial charge in [-0.15, -0.1) is 0 Å². The van der Waals surface area contributed by atoms with Gasteiger partial charge in [-0.2, -0.15) is 0 Å². The minimum atomic E-state index is -1.60. The van der Waals surface area contributed by atoms with Crippen LogP contribution in [0.1, 0.15) is 6.92 Å². The topological polar surface area (TPSA) is 46.5 Å². The van der Waals surface area contributed by atoms with Gasteiger partial charge in [0.2, 0.25) is 5.78 Å². The van der Waals surface area contributed by atoms with Crippen LogP contribution in [0.25, 0.3) is 0 Å². The van der Waals surface area contributed by atoms with E-state index < -0.39 is 11.6 Å². The first kappa shape index (κ1) is 5.31. The first-order valence-corrected chi connectivity index (χ1v) is 2.24. The molecule has 0 saturated carbocycles. The molecule has 44 valence electrons. The molecule has 0 amide bonds. The largest absolute Gasteiger partial charge is 0.462 e. The fraction of sp³-hybridized carbons (Fsp3) is 0.400. The highest BCUT2D eigenvalue weighted by Crippen LogP contribution is 2.14. The maximum atomic E-state index is 10.4. The van der Waals surface area contributed by atoms with Gasteiger partial charge in [-0.1, -0.05) is 0 Å². The number of aliphatic hydroxyl groups is 1. The van der Waals surface area contributed by atoms with Gasteiger partial charge in [0.1, 0.15) is 0 Å². The van der Waals surface area contributed by atoms with Crippen LogP contribution in [0.2, 0.25) is 0 Å². The predicted molar refractivity (Wildman–Crippen MR) is 25.9 cm³/mol. The average molecular weight is 114 g/mol. The highest BCUT2D eigenvalue weighted by molar-refractivity contribution is 5.96. The van der Waals surface area contributed by atoms with E-state index in [0.29, 0.717) is 0 Å². The van der Waals surface area contributed by atoms with Crippen LogP contribution in [0.15, 0.2) is 12.3 Å². The van der Waals surface area contributed by atoms with Crippen LogP contribution in [0.3, 0.4) is 0 Å². The Morgan fingerprint density at radius 1 is 1.88 bits per heavy atom. The molecule has 0 saturated heterocycles. The number of hydrogen-bond acceptors (Lipinski definition) is 3. The molecule has 1 heterocycles. The minimum absolute atomic E-state index is 0.405. The zero-order valence-electron chi connectivity index (χ0n) is 4.42. The van der Waals surface area contributed by atoms with Crippen molar-refractivity contribution in [2.75, 3.05) is 0 Å². The van der Waals surface area contributed by atoms with Crippen molar-refractivity contribution in [3.8, 4) is 0 Å². The summed E-state index contributed by atoms with van der Waals surface area (Å²) in [5.41, 5.74) is 0. The number of carbonyl (C=O) groups is 1.